The molecular formula is C34H38N6O3. The van der Waals surface area contributed by atoms with Gasteiger partial charge in [-0.2, -0.15) is 0 Å². The molecule has 1 fully saturated rings. The van der Waals surface area contributed by atoms with Crippen LogP contribution < -0.4 is 4.74 Å². The Labute approximate surface area is 252 Å². The van der Waals surface area contributed by atoms with Crippen molar-refractivity contribution < 1.29 is 14.3 Å². The van der Waals surface area contributed by atoms with Crippen molar-refractivity contribution in [2.45, 2.75) is 64.9 Å². The fraction of sp³-hybridized carbons (Fsp3) is 0.324. The van der Waals surface area contributed by atoms with Gasteiger partial charge in [-0.15, -0.1) is 5.10 Å². The molecule has 4 aromatic rings. The zero-order valence-electron chi connectivity index (χ0n) is 25.0. The van der Waals surface area contributed by atoms with Crippen molar-refractivity contribution >= 4 is 17.9 Å². The van der Waals surface area contributed by atoms with E-state index in [0.717, 1.165) is 35.2 Å². The lowest BCUT2D eigenvalue weighted by molar-refractivity contribution is -0.131. The van der Waals surface area contributed by atoms with Crippen molar-refractivity contribution in [3.05, 3.63) is 114 Å². The summed E-state index contributed by atoms with van der Waals surface area (Å²) in [4.78, 5) is 35.2. The predicted molar refractivity (Wildman–Crippen MR) is 165 cm³/mol. The number of nitrogens with zero attached hydrogens (tertiary/aromatic N) is 6. The zero-order valence-corrected chi connectivity index (χ0v) is 25.0. The Balaban J connectivity index is 1.24. The first kappa shape index (κ1) is 29.7. The lowest BCUT2D eigenvalue weighted by atomic mass is 10.0. The second kappa shape index (κ2) is 13.0. The average molecular weight is 579 g/mol. The summed E-state index contributed by atoms with van der Waals surface area (Å²) in [5.41, 5.74) is 3.41. The zero-order chi connectivity index (χ0) is 30.4. The minimum atomic E-state index is -0.777. The highest BCUT2D eigenvalue weighted by Crippen LogP contribution is 2.35. The van der Waals surface area contributed by atoms with Gasteiger partial charge in [0.25, 0.3) is 5.91 Å². The monoisotopic (exact) mass is 578 g/mol. The molecule has 0 N–H and O–H groups in total. The first-order valence-corrected chi connectivity index (χ1v) is 14.7. The molecule has 0 bridgehead atoms. The van der Waals surface area contributed by atoms with Crippen LogP contribution in [-0.2, 0) is 24.4 Å². The van der Waals surface area contributed by atoms with E-state index < -0.39 is 11.7 Å². The number of unbranched alkanes of at least 4 members (excludes halogenated alkanes) is 1. The molecule has 5 rings (SSSR count). The van der Waals surface area contributed by atoms with Crippen molar-refractivity contribution in [1.29, 1.82) is 0 Å². The fourth-order valence-corrected chi connectivity index (χ4v) is 5.48. The number of rotatable bonds is 12. The van der Waals surface area contributed by atoms with E-state index in [2.05, 4.69) is 28.8 Å². The van der Waals surface area contributed by atoms with Crippen LogP contribution in [0.2, 0.25) is 0 Å². The summed E-state index contributed by atoms with van der Waals surface area (Å²) in [6.45, 7) is 11.3. The minimum Gasteiger partial charge on any atom is -0.487 e. The Hall–Kier alpha value is -4.79. The number of hydrogen-bond acceptors (Lipinski definition) is 6. The molecule has 9 heteroatoms. The van der Waals surface area contributed by atoms with Crippen molar-refractivity contribution in [3.8, 4) is 5.75 Å². The Morgan fingerprint density at radius 1 is 1.05 bits per heavy atom. The maximum Gasteiger partial charge on any atom is 0.274 e. The van der Waals surface area contributed by atoms with Crippen LogP contribution in [-0.4, -0.2) is 59.8 Å². The molecule has 0 spiro atoms. The van der Waals surface area contributed by atoms with Crippen LogP contribution in [0.3, 0.4) is 0 Å². The quantitative estimate of drug-likeness (QED) is 0.224. The van der Waals surface area contributed by atoms with Crippen LogP contribution in [0.4, 0.5) is 0 Å². The van der Waals surface area contributed by atoms with Gasteiger partial charge in [0.1, 0.15) is 35.4 Å². The van der Waals surface area contributed by atoms with Crippen LogP contribution in [0.1, 0.15) is 66.5 Å². The topological polar surface area (TPSA) is 93.5 Å². The summed E-state index contributed by atoms with van der Waals surface area (Å²) in [5.74, 6) is 0.398. The van der Waals surface area contributed by atoms with Crippen LogP contribution >= 0.6 is 0 Å². The van der Waals surface area contributed by atoms with Gasteiger partial charge in [0.05, 0.1) is 12.7 Å². The number of amides is 2. The highest BCUT2D eigenvalue weighted by Gasteiger charge is 2.53. The molecule has 1 atom stereocenters. The van der Waals surface area contributed by atoms with E-state index in [1.807, 2.05) is 79.6 Å². The molecule has 2 amide bonds. The van der Waals surface area contributed by atoms with Crippen molar-refractivity contribution in [2.24, 2.45) is 0 Å². The Morgan fingerprint density at radius 3 is 2.47 bits per heavy atom. The summed E-state index contributed by atoms with van der Waals surface area (Å²) in [5, 5.41) is 8.45. The van der Waals surface area contributed by atoms with Crippen LogP contribution in [0.5, 0.6) is 5.75 Å². The third-order valence-electron chi connectivity index (χ3n) is 7.84. The lowest BCUT2D eigenvalue weighted by Crippen LogP contribution is -2.53. The van der Waals surface area contributed by atoms with Gasteiger partial charge in [-0.25, -0.2) is 4.68 Å². The van der Waals surface area contributed by atoms with Gasteiger partial charge in [0, 0.05) is 19.2 Å². The maximum absolute atomic E-state index is 13.7. The normalized spacial score (nSPS) is 16.0. The largest absolute Gasteiger partial charge is 0.487 e. The van der Waals surface area contributed by atoms with Crippen LogP contribution in [0, 0.1) is 0 Å². The summed E-state index contributed by atoms with van der Waals surface area (Å²) in [6, 6.07) is 20.4. The van der Waals surface area contributed by atoms with Gasteiger partial charge >= 0.3 is 0 Å². The predicted octanol–water partition coefficient (Wildman–Crippen LogP) is 5.38. The molecule has 2 aromatic carbocycles. The third-order valence-corrected chi connectivity index (χ3v) is 7.84. The molecule has 0 radical (unpaired) electrons. The smallest absolute Gasteiger partial charge is 0.274 e. The van der Waals surface area contributed by atoms with Gasteiger partial charge in [0.15, 0.2) is 0 Å². The summed E-state index contributed by atoms with van der Waals surface area (Å²) < 4.78 is 7.75. The number of carbonyl (C=O) groups excluding carboxylic acids is 2. The average Bonchev–Trinajstić information content (AvgIpc) is 3.54. The minimum absolute atomic E-state index is 0.0391. The first-order chi connectivity index (χ1) is 20.8. The summed E-state index contributed by atoms with van der Waals surface area (Å²) >= 11 is 0. The van der Waals surface area contributed by atoms with E-state index in [4.69, 9.17) is 4.74 Å². The van der Waals surface area contributed by atoms with E-state index in [0.29, 0.717) is 31.0 Å². The molecule has 222 valence electrons. The van der Waals surface area contributed by atoms with Crippen molar-refractivity contribution in [2.75, 3.05) is 6.54 Å². The Morgan fingerprint density at radius 2 is 1.79 bits per heavy atom. The number of carbonyl (C=O) groups is 2. The molecule has 0 saturated carbocycles. The van der Waals surface area contributed by atoms with E-state index >= 15 is 0 Å². The molecule has 9 nitrogen and oxygen atoms in total. The molecule has 2 aromatic heterocycles. The van der Waals surface area contributed by atoms with Crippen LogP contribution in [0.15, 0.2) is 85.7 Å². The van der Waals surface area contributed by atoms with Crippen molar-refractivity contribution in [1.82, 2.24) is 29.8 Å². The fourth-order valence-electron chi connectivity index (χ4n) is 5.48. The SMILES string of the molecule is C=Cc1ccc(Cn2cc(COc3ccc(C[C@H]4C(=O)N(CCCC)C(C)(C)N4C(=O)c4ccccn4)cc3)nn2)cc1. The second-order valence-electron chi connectivity index (χ2n) is 11.2. The van der Waals surface area contributed by atoms with Gasteiger partial charge in [-0.3, -0.25) is 14.6 Å². The highest BCUT2D eigenvalue weighted by molar-refractivity contribution is 5.99. The van der Waals surface area contributed by atoms with Crippen molar-refractivity contribution in [3.63, 3.8) is 0 Å². The van der Waals surface area contributed by atoms with Gasteiger partial charge < -0.3 is 14.5 Å². The molecule has 1 aliphatic heterocycles. The van der Waals surface area contributed by atoms with Gasteiger partial charge in [-0.1, -0.05) is 73.7 Å². The third kappa shape index (κ3) is 6.66. The van der Waals surface area contributed by atoms with E-state index in [9.17, 15) is 9.59 Å². The number of pyridine rings is 1. The van der Waals surface area contributed by atoms with E-state index in [1.165, 1.54) is 0 Å². The van der Waals surface area contributed by atoms with E-state index in [1.54, 1.807) is 34.0 Å². The summed E-state index contributed by atoms with van der Waals surface area (Å²) in [6.07, 6.45) is 7.52. The van der Waals surface area contributed by atoms with Gasteiger partial charge in [0.2, 0.25) is 5.91 Å². The first-order valence-electron chi connectivity index (χ1n) is 14.7. The molecule has 43 heavy (non-hydrogen) atoms. The molecule has 1 saturated heterocycles. The van der Waals surface area contributed by atoms with Gasteiger partial charge in [-0.05, 0) is 61.2 Å². The standard InChI is InChI=1S/C34H38N6O3/c1-5-7-20-39-33(42)31(40(34(39,3)4)32(41)30-10-8-9-19-35-30)21-26-15-17-29(18-16-26)43-24-28-23-38(37-36-28)22-27-13-11-25(6-2)12-14-27/h6,8-19,23,31H,2,5,7,20-22,24H2,1,3-4H3/t31-/m0/s1. The van der Waals surface area contributed by atoms with E-state index in [-0.39, 0.29) is 18.4 Å². The number of ether oxygens (including phenoxy) is 1. The number of benzene rings is 2. The Kier molecular flexibility index (Phi) is 8.99. The second-order valence-corrected chi connectivity index (χ2v) is 11.2. The molecule has 0 unspecified atom stereocenters. The molecule has 1 aliphatic rings. The molecular weight excluding hydrogens is 540 g/mol. The Bertz CT molecular complexity index is 1550. The number of hydrogen-bond donors (Lipinski definition) is 0. The lowest BCUT2D eigenvalue weighted by Gasteiger charge is -2.38. The number of aromatic nitrogens is 4. The summed E-state index contributed by atoms with van der Waals surface area (Å²) in [7, 11) is 0. The van der Waals surface area contributed by atoms with Crippen LogP contribution in [0.25, 0.3) is 6.08 Å². The molecule has 0 aliphatic carbocycles. The molecule has 3 heterocycles. The highest BCUT2D eigenvalue weighted by atomic mass is 16.5. The maximum atomic E-state index is 13.7.